The normalized spacial score (nSPS) is 24.8. The van der Waals surface area contributed by atoms with Gasteiger partial charge in [0.05, 0.1) is 22.8 Å². The summed E-state index contributed by atoms with van der Waals surface area (Å²) in [5, 5.41) is 0. The monoisotopic (exact) mass is 431 g/mol. The Labute approximate surface area is 177 Å². The number of rotatable bonds is 3. The van der Waals surface area contributed by atoms with Gasteiger partial charge in [-0.25, -0.2) is 13.8 Å². The van der Waals surface area contributed by atoms with E-state index in [1.807, 2.05) is 37.4 Å². The maximum atomic E-state index is 14.4. The molecule has 158 valence electrons. The van der Waals surface area contributed by atoms with E-state index < -0.39 is 17.3 Å². The van der Waals surface area contributed by atoms with Gasteiger partial charge in [-0.05, 0) is 43.2 Å². The molecule has 3 atom stereocenters. The first kappa shape index (κ1) is 19.8. The predicted molar refractivity (Wildman–Crippen MR) is 114 cm³/mol. The summed E-state index contributed by atoms with van der Waals surface area (Å²) in [6.45, 7) is 4.06. The van der Waals surface area contributed by atoms with E-state index in [0.29, 0.717) is 18.0 Å². The van der Waals surface area contributed by atoms with Gasteiger partial charge in [0.2, 0.25) is 0 Å². The molecule has 5 rings (SSSR count). The van der Waals surface area contributed by atoms with Gasteiger partial charge in [-0.15, -0.1) is 11.8 Å². The molecule has 2 aliphatic rings. The van der Waals surface area contributed by atoms with Gasteiger partial charge < -0.3 is 13.9 Å². The molecule has 5 nitrogen and oxygen atoms in total. The van der Waals surface area contributed by atoms with E-state index in [4.69, 9.17) is 9.72 Å². The van der Waals surface area contributed by atoms with Crippen molar-refractivity contribution >= 4 is 22.8 Å². The van der Waals surface area contributed by atoms with Crippen LogP contribution < -0.4 is 5.56 Å². The highest BCUT2D eigenvalue weighted by atomic mass is 32.2. The number of fused-ring (bicyclic) bond motifs is 5. The first-order valence-electron chi connectivity index (χ1n) is 10.1. The molecule has 3 aromatic rings. The molecule has 1 aliphatic carbocycles. The van der Waals surface area contributed by atoms with Gasteiger partial charge in [-0.3, -0.25) is 4.79 Å². The van der Waals surface area contributed by atoms with E-state index in [1.54, 1.807) is 18.5 Å². The third-order valence-corrected chi connectivity index (χ3v) is 7.38. The summed E-state index contributed by atoms with van der Waals surface area (Å²) in [5.41, 5.74) is 3.76. The molecule has 0 spiro atoms. The van der Waals surface area contributed by atoms with Gasteiger partial charge in [0.1, 0.15) is 11.3 Å². The van der Waals surface area contributed by atoms with Crippen molar-refractivity contribution in [1.82, 2.24) is 14.1 Å². The standard InChI is InChI=1S/C22H23F2N3O2S/c1-4-29-21-18-15(9-22(18,23)24)19-25-16-6-5-13(8-17(16)27(19)11-30-21)14-7-12(2)20(28)26(3)10-14/h5-8,10,15,18,21H,4,9,11H2,1-3H3/t15?,18?,21-/m1/s1. The third kappa shape index (κ3) is 2.92. The third-order valence-electron chi connectivity index (χ3n) is 6.21. The highest BCUT2D eigenvalue weighted by Crippen LogP contribution is 2.59. The highest BCUT2D eigenvalue weighted by Gasteiger charge is 2.62. The Morgan fingerprint density at radius 2 is 2.10 bits per heavy atom. The van der Waals surface area contributed by atoms with Gasteiger partial charge >= 0.3 is 0 Å². The number of pyridine rings is 1. The summed E-state index contributed by atoms with van der Waals surface area (Å²) in [6, 6.07) is 7.82. The molecule has 0 amide bonds. The Balaban J connectivity index is 1.61. The molecule has 3 heterocycles. The minimum atomic E-state index is -2.72. The Kier molecular flexibility index (Phi) is 4.56. The Morgan fingerprint density at radius 1 is 1.30 bits per heavy atom. The number of imidazole rings is 1. The minimum absolute atomic E-state index is 0.0200. The van der Waals surface area contributed by atoms with Crippen molar-refractivity contribution in [1.29, 1.82) is 0 Å². The maximum Gasteiger partial charge on any atom is 0.255 e. The van der Waals surface area contributed by atoms with Crippen LogP contribution in [0.5, 0.6) is 0 Å². The van der Waals surface area contributed by atoms with E-state index in [0.717, 1.165) is 28.0 Å². The lowest BCUT2D eigenvalue weighted by molar-refractivity contribution is -0.178. The van der Waals surface area contributed by atoms with Crippen LogP contribution in [0.3, 0.4) is 0 Å². The smallest absolute Gasteiger partial charge is 0.255 e. The lowest BCUT2D eigenvalue weighted by Crippen LogP contribution is -2.51. The second-order valence-electron chi connectivity index (χ2n) is 8.15. The van der Waals surface area contributed by atoms with Crippen LogP contribution in [0.4, 0.5) is 8.78 Å². The molecule has 2 unspecified atom stereocenters. The van der Waals surface area contributed by atoms with E-state index in [-0.39, 0.29) is 17.9 Å². The van der Waals surface area contributed by atoms with Crippen LogP contribution in [0.2, 0.25) is 0 Å². The number of hydrogen-bond acceptors (Lipinski definition) is 4. The van der Waals surface area contributed by atoms with Gasteiger partial charge in [0, 0.05) is 37.8 Å². The molecule has 0 bridgehead atoms. The van der Waals surface area contributed by atoms with Crippen LogP contribution in [0.1, 0.15) is 30.7 Å². The fraction of sp³-hybridized carbons (Fsp3) is 0.455. The molecule has 1 aliphatic heterocycles. The van der Waals surface area contributed by atoms with Crippen molar-refractivity contribution in [2.45, 2.75) is 43.4 Å². The topological polar surface area (TPSA) is 49.1 Å². The number of hydrogen-bond donors (Lipinski definition) is 0. The Hall–Kier alpha value is -2.19. The summed E-state index contributed by atoms with van der Waals surface area (Å²) in [4.78, 5) is 16.8. The first-order chi connectivity index (χ1) is 14.3. The van der Waals surface area contributed by atoms with Crippen molar-refractivity contribution in [2.75, 3.05) is 6.61 Å². The molecule has 8 heteroatoms. The fourth-order valence-electron chi connectivity index (χ4n) is 4.67. The van der Waals surface area contributed by atoms with E-state index in [1.165, 1.54) is 11.8 Å². The van der Waals surface area contributed by atoms with Crippen LogP contribution >= 0.6 is 11.8 Å². The predicted octanol–water partition coefficient (Wildman–Crippen LogP) is 4.52. The summed E-state index contributed by atoms with van der Waals surface area (Å²) in [6.07, 6.45) is 1.64. The first-order valence-corrected chi connectivity index (χ1v) is 11.1. The molecule has 0 saturated heterocycles. The number of halogens is 2. The molecule has 0 N–H and O–H groups in total. The summed E-state index contributed by atoms with van der Waals surface area (Å²) < 4.78 is 38.1. The van der Waals surface area contributed by atoms with Crippen molar-refractivity contribution in [2.24, 2.45) is 13.0 Å². The van der Waals surface area contributed by atoms with Crippen LogP contribution in [0.15, 0.2) is 35.3 Å². The van der Waals surface area contributed by atoms with Crippen LogP contribution in [0, 0.1) is 12.8 Å². The molecule has 30 heavy (non-hydrogen) atoms. The summed E-state index contributed by atoms with van der Waals surface area (Å²) >= 11 is 1.42. The summed E-state index contributed by atoms with van der Waals surface area (Å²) in [7, 11) is 1.74. The Bertz CT molecular complexity index is 1180. The molecule has 1 aromatic carbocycles. The quantitative estimate of drug-likeness (QED) is 0.612. The largest absolute Gasteiger partial charge is 0.367 e. The lowest BCUT2D eigenvalue weighted by atomic mass is 9.69. The van der Waals surface area contributed by atoms with Crippen molar-refractivity contribution in [3.8, 4) is 11.1 Å². The second-order valence-corrected chi connectivity index (χ2v) is 9.20. The SMILES string of the molecule is CCO[C@@H]1SCn2c(nc3ccc(-c4cc(C)c(=O)n(C)c4)cc32)C2CC(F)(F)C21. The maximum absolute atomic E-state index is 14.4. The van der Waals surface area contributed by atoms with E-state index >= 15 is 0 Å². The Morgan fingerprint density at radius 3 is 2.80 bits per heavy atom. The lowest BCUT2D eigenvalue weighted by Gasteiger charge is -2.45. The average molecular weight is 432 g/mol. The zero-order valence-electron chi connectivity index (χ0n) is 17.1. The zero-order valence-corrected chi connectivity index (χ0v) is 17.9. The number of benzene rings is 1. The number of aryl methyl sites for hydroxylation is 2. The molecular formula is C22H23F2N3O2S. The fourth-order valence-corrected chi connectivity index (χ4v) is 6.07. The molecule has 0 radical (unpaired) electrons. The number of alkyl halides is 2. The van der Waals surface area contributed by atoms with Gasteiger partial charge in [0.25, 0.3) is 11.5 Å². The molecule has 1 fully saturated rings. The number of thioether (sulfide) groups is 1. The minimum Gasteiger partial charge on any atom is -0.367 e. The van der Waals surface area contributed by atoms with Crippen LogP contribution in [-0.2, 0) is 17.7 Å². The zero-order chi connectivity index (χ0) is 21.2. The molecular weight excluding hydrogens is 408 g/mol. The molecule has 1 saturated carbocycles. The van der Waals surface area contributed by atoms with Gasteiger partial charge in [-0.1, -0.05) is 6.07 Å². The number of ether oxygens (including phenoxy) is 1. The number of nitrogens with zero attached hydrogens (tertiary/aromatic N) is 3. The van der Waals surface area contributed by atoms with Crippen molar-refractivity contribution in [3.63, 3.8) is 0 Å². The van der Waals surface area contributed by atoms with Gasteiger partial charge in [0.15, 0.2) is 0 Å². The van der Waals surface area contributed by atoms with Gasteiger partial charge in [-0.2, -0.15) is 0 Å². The summed E-state index contributed by atoms with van der Waals surface area (Å²) in [5.74, 6) is -2.62. The number of aromatic nitrogens is 3. The highest BCUT2D eigenvalue weighted by molar-refractivity contribution is 7.98. The van der Waals surface area contributed by atoms with Crippen LogP contribution in [0.25, 0.3) is 22.2 Å². The van der Waals surface area contributed by atoms with Crippen LogP contribution in [-0.4, -0.2) is 32.1 Å². The van der Waals surface area contributed by atoms with Crippen molar-refractivity contribution < 1.29 is 13.5 Å². The average Bonchev–Trinajstić information content (AvgIpc) is 2.99. The molecule has 2 aromatic heterocycles. The van der Waals surface area contributed by atoms with Crippen molar-refractivity contribution in [3.05, 3.63) is 52.2 Å². The van der Waals surface area contributed by atoms with E-state index in [2.05, 4.69) is 4.57 Å². The van der Waals surface area contributed by atoms with E-state index in [9.17, 15) is 13.6 Å². The second kappa shape index (κ2) is 6.92.